The van der Waals surface area contributed by atoms with Crippen molar-refractivity contribution < 1.29 is 4.39 Å². The monoisotopic (exact) mass is 146 g/mol. The van der Waals surface area contributed by atoms with Gasteiger partial charge in [-0.3, -0.25) is 0 Å². The van der Waals surface area contributed by atoms with Crippen LogP contribution in [0.15, 0.2) is 11.6 Å². The summed E-state index contributed by atoms with van der Waals surface area (Å²) in [4.78, 5) is 0. The van der Waals surface area contributed by atoms with Gasteiger partial charge in [-0.1, -0.05) is 11.6 Å². The van der Waals surface area contributed by atoms with Gasteiger partial charge in [0.15, 0.2) is 0 Å². The maximum Gasteiger partial charge on any atom is 0.108 e. The molecular weight excluding hydrogens is 131 g/mol. The van der Waals surface area contributed by atoms with Gasteiger partial charge >= 0.3 is 0 Å². The van der Waals surface area contributed by atoms with Crippen LogP contribution in [0.5, 0.6) is 0 Å². The Bertz CT molecular complexity index is 112. The molecule has 0 aliphatic carbocycles. The van der Waals surface area contributed by atoms with Crippen LogP contribution >= 0.6 is 0 Å². The van der Waals surface area contributed by atoms with E-state index in [1.54, 1.807) is 6.08 Å². The van der Waals surface area contributed by atoms with Crippen molar-refractivity contribution in [2.75, 3.05) is 13.2 Å². The van der Waals surface area contributed by atoms with Gasteiger partial charge in [-0.15, -0.1) is 0 Å². The van der Waals surface area contributed by atoms with E-state index in [2.05, 4.69) is 0 Å². The number of hydrogen-bond acceptors (Lipinski definition) is 2. The van der Waals surface area contributed by atoms with Crippen molar-refractivity contribution in [3.8, 4) is 0 Å². The average molecular weight is 146 g/mol. The highest BCUT2D eigenvalue weighted by molar-refractivity contribution is 5.03. The molecule has 1 atom stereocenters. The Balaban J connectivity index is 3.65. The van der Waals surface area contributed by atoms with E-state index in [0.29, 0.717) is 6.54 Å². The van der Waals surface area contributed by atoms with Gasteiger partial charge in [-0.25, -0.2) is 4.39 Å². The summed E-state index contributed by atoms with van der Waals surface area (Å²) in [5, 5.41) is 0. The molecule has 0 aromatic rings. The Morgan fingerprint density at radius 2 is 2.30 bits per heavy atom. The predicted octanol–water partition coefficient (Wildman–Crippen LogP) is 0.578. The minimum Gasteiger partial charge on any atom is -0.330 e. The number of alkyl halides is 1. The first kappa shape index (κ1) is 9.59. The van der Waals surface area contributed by atoms with Gasteiger partial charge in [-0.05, 0) is 19.9 Å². The van der Waals surface area contributed by atoms with Crippen molar-refractivity contribution in [3.63, 3.8) is 0 Å². The Morgan fingerprint density at radius 1 is 1.70 bits per heavy atom. The number of rotatable bonds is 4. The molecular formula is C7H15FN2. The summed E-state index contributed by atoms with van der Waals surface area (Å²) < 4.78 is 11.8. The van der Waals surface area contributed by atoms with Crippen LogP contribution in [0.25, 0.3) is 0 Å². The Hall–Kier alpha value is -0.410. The first-order valence-corrected chi connectivity index (χ1v) is 3.39. The van der Waals surface area contributed by atoms with Crippen LogP contribution in [0.4, 0.5) is 4.39 Å². The fourth-order valence-electron chi connectivity index (χ4n) is 0.721. The molecule has 0 rings (SSSR count). The summed E-state index contributed by atoms with van der Waals surface area (Å²) >= 11 is 0. The lowest BCUT2D eigenvalue weighted by atomic mass is 10.1. The molecule has 0 aliphatic heterocycles. The van der Waals surface area contributed by atoms with Gasteiger partial charge in [-0.2, -0.15) is 0 Å². The van der Waals surface area contributed by atoms with Crippen LogP contribution in [-0.2, 0) is 0 Å². The molecule has 2 nitrogen and oxygen atoms in total. The molecule has 4 N–H and O–H groups in total. The standard InChI is InChI=1S/C7H15FN2/c1-6(2-3-9)4-7(10)5-8/h4,7H,2-3,5,9-10H2,1H3/b6-4+. The summed E-state index contributed by atoms with van der Waals surface area (Å²) in [6, 6.07) is -0.452. The molecule has 3 heteroatoms. The van der Waals surface area contributed by atoms with Crippen molar-refractivity contribution >= 4 is 0 Å². The fraction of sp³-hybridized carbons (Fsp3) is 0.714. The maximum absolute atomic E-state index is 11.8. The van der Waals surface area contributed by atoms with Crippen LogP contribution in [0, 0.1) is 0 Å². The molecule has 0 aromatic heterocycles. The molecule has 0 fully saturated rings. The molecule has 0 spiro atoms. The van der Waals surface area contributed by atoms with Gasteiger partial charge in [0.1, 0.15) is 6.67 Å². The summed E-state index contributed by atoms with van der Waals surface area (Å²) in [5.41, 5.74) is 11.6. The van der Waals surface area contributed by atoms with Crippen LogP contribution in [0.2, 0.25) is 0 Å². The Kier molecular flexibility index (Phi) is 5.16. The van der Waals surface area contributed by atoms with Crippen LogP contribution < -0.4 is 11.5 Å². The minimum absolute atomic E-state index is 0.452. The predicted molar refractivity (Wildman–Crippen MR) is 41.4 cm³/mol. The zero-order valence-electron chi connectivity index (χ0n) is 6.31. The highest BCUT2D eigenvalue weighted by Gasteiger charge is 1.95. The molecule has 10 heavy (non-hydrogen) atoms. The van der Waals surface area contributed by atoms with Gasteiger partial charge in [0.25, 0.3) is 0 Å². The lowest BCUT2D eigenvalue weighted by Gasteiger charge is -2.02. The molecule has 0 radical (unpaired) electrons. The van der Waals surface area contributed by atoms with Crippen molar-refractivity contribution in [2.24, 2.45) is 11.5 Å². The molecule has 1 unspecified atom stereocenters. The zero-order valence-corrected chi connectivity index (χ0v) is 6.31. The first-order valence-electron chi connectivity index (χ1n) is 3.39. The molecule has 60 valence electrons. The summed E-state index contributed by atoms with van der Waals surface area (Å²) in [7, 11) is 0. The van der Waals surface area contributed by atoms with E-state index in [4.69, 9.17) is 11.5 Å². The van der Waals surface area contributed by atoms with E-state index in [-0.39, 0.29) is 0 Å². The smallest absolute Gasteiger partial charge is 0.108 e. The Labute approximate surface area is 61.1 Å². The largest absolute Gasteiger partial charge is 0.330 e. The van der Waals surface area contributed by atoms with Crippen molar-refractivity contribution in [1.29, 1.82) is 0 Å². The molecule has 0 amide bonds. The lowest BCUT2D eigenvalue weighted by Crippen LogP contribution is -2.19. The third kappa shape index (κ3) is 4.47. The van der Waals surface area contributed by atoms with Gasteiger partial charge in [0.05, 0.1) is 6.04 Å². The second-order valence-corrected chi connectivity index (χ2v) is 2.37. The number of nitrogens with two attached hydrogens (primary N) is 2. The van der Waals surface area contributed by atoms with Crippen LogP contribution in [0.3, 0.4) is 0 Å². The quantitative estimate of drug-likeness (QED) is 0.570. The van der Waals surface area contributed by atoms with Gasteiger partial charge in [0.2, 0.25) is 0 Å². The molecule has 0 bridgehead atoms. The topological polar surface area (TPSA) is 52.0 Å². The third-order valence-corrected chi connectivity index (χ3v) is 1.22. The normalized spacial score (nSPS) is 15.4. The van der Waals surface area contributed by atoms with E-state index in [0.717, 1.165) is 12.0 Å². The SMILES string of the molecule is C/C(=C\C(N)CF)CCN. The summed E-state index contributed by atoms with van der Waals surface area (Å²) in [5.74, 6) is 0. The van der Waals surface area contributed by atoms with E-state index in [9.17, 15) is 4.39 Å². The second kappa shape index (κ2) is 5.38. The van der Waals surface area contributed by atoms with E-state index in [1.807, 2.05) is 6.92 Å². The highest BCUT2D eigenvalue weighted by atomic mass is 19.1. The van der Waals surface area contributed by atoms with Crippen molar-refractivity contribution in [3.05, 3.63) is 11.6 Å². The summed E-state index contributed by atoms with van der Waals surface area (Å²) in [6.45, 7) is 2.01. The van der Waals surface area contributed by atoms with Gasteiger partial charge < -0.3 is 11.5 Å². The van der Waals surface area contributed by atoms with Crippen molar-refractivity contribution in [1.82, 2.24) is 0 Å². The first-order chi connectivity index (χ1) is 4.70. The van der Waals surface area contributed by atoms with Crippen LogP contribution in [0.1, 0.15) is 13.3 Å². The van der Waals surface area contributed by atoms with E-state index >= 15 is 0 Å². The van der Waals surface area contributed by atoms with Crippen molar-refractivity contribution in [2.45, 2.75) is 19.4 Å². The molecule has 0 aliphatic rings. The summed E-state index contributed by atoms with van der Waals surface area (Å²) in [6.07, 6.45) is 2.51. The fourth-order valence-corrected chi connectivity index (χ4v) is 0.721. The van der Waals surface area contributed by atoms with E-state index < -0.39 is 12.7 Å². The zero-order chi connectivity index (χ0) is 7.98. The second-order valence-electron chi connectivity index (χ2n) is 2.37. The molecule has 0 heterocycles. The lowest BCUT2D eigenvalue weighted by molar-refractivity contribution is 0.464. The molecule has 0 saturated carbocycles. The Morgan fingerprint density at radius 3 is 2.70 bits per heavy atom. The number of halogens is 1. The third-order valence-electron chi connectivity index (χ3n) is 1.22. The van der Waals surface area contributed by atoms with Crippen LogP contribution in [-0.4, -0.2) is 19.3 Å². The number of hydrogen-bond donors (Lipinski definition) is 2. The highest BCUT2D eigenvalue weighted by Crippen LogP contribution is 1.98. The maximum atomic E-state index is 11.8. The average Bonchev–Trinajstić information content (AvgIpc) is 1.88. The molecule has 0 saturated heterocycles. The minimum atomic E-state index is -0.498. The van der Waals surface area contributed by atoms with E-state index in [1.165, 1.54) is 0 Å². The van der Waals surface area contributed by atoms with Gasteiger partial charge in [0, 0.05) is 0 Å². The molecule has 0 aromatic carbocycles.